The van der Waals surface area contributed by atoms with Gasteiger partial charge in [0.1, 0.15) is 24.6 Å². The Morgan fingerprint density at radius 2 is 1.94 bits per heavy atom. The zero-order valence-electron chi connectivity index (χ0n) is 18.6. The summed E-state index contributed by atoms with van der Waals surface area (Å²) in [5.74, 6) is -3.16. The first-order chi connectivity index (χ1) is 15.7. The van der Waals surface area contributed by atoms with Crippen LogP contribution in [0.25, 0.3) is 0 Å². The largest absolute Gasteiger partial charge is 0.494 e. The van der Waals surface area contributed by atoms with Crippen molar-refractivity contribution in [2.24, 2.45) is 0 Å². The van der Waals surface area contributed by atoms with E-state index in [0.717, 1.165) is 16.9 Å². The fourth-order valence-corrected chi connectivity index (χ4v) is 4.52. The van der Waals surface area contributed by atoms with Gasteiger partial charge in [-0.05, 0) is 48.7 Å². The Morgan fingerprint density at radius 3 is 2.58 bits per heavy atom. The topological polar surface area (TPSA) is 104 Å². The van der Waals surface area contributed by atoms with Crippen LogP contribution in [0.15, 0.2) is 42.5 Å². The molecule has 9 heteroatoms. The van der Waals surface area contributed by atoms with E-state index in [9.17, 15) is 15.0 Å². The molecule has 2 aromatic rings. The third kappa shape index (κ3) is 4.23. The molecule has 0 spiro atoms. The normalized spacial score (nSPS) is 30.8. The van der Waals surface area contributed by atoms with Crippen LogP contribution in [0.3, 0.4) is 0 Å². The third-order valence-electron chi connectivity index (χ3n) is 5.99. The number of hydrogen-bond donors (Lipinski definition) is 2. The van der Waals surface area contributed by atoms with Crippen LogP contribution in [0.5, 0.6) is 5.75 Å². The van der Waals surface area contributed by atoms with Crippen molar-refractivity contribution in [1.82, 2.24) is 0 Å². The van der Waals surface area contributed by atoms with E-state index in [2.05, 4.69) is 0 Å². The molecule has 5 atom stereocenters. The molecular formula is C24H27ClO8. The Hall–Kier alpha value is -2.20. The summed E-state index contributed by atoms with van der Waals surface area (Å²) < 4.78 is 28.3. The molecule has 2 aliphatic heterocycles. The predicted molar refractivity (Wildman–Crippen MR) is 118 cm³/mol. The SMILES string of the molecule is CCOc1ccc(Cc2cc(C34OCC(OC)(O3)C(O)C(O)C4OC(C)=O)ccc2Cl)cc1. The molecule has 2 aromatic carbocycles. The molecule has 2 saturated heterocycles. The van der Waals surface area contributed by atoms with Gasteiger partial charge in [-0.15, -0.1) is 0 Å². The quantitative estimate of drug-likeness (QED) is 0.585. The molecular weight excluding hydrogens is 452 g/mol. The van der Waals surface area contributed by atoms with Gasteiger partial charge in [0.15, 0.2) is 6.10 Å². The smallest absolute Gasteiger partial charge is 0.303 e. The van der Waals surface area contributed by atoms with Gasteiger partial charge in [0.2, 0.25) is 11.6 Å². The molecule has 2 bridgehead atoms. The van der Waals surface area contributed by atoms with Gasteiger partial charge in [-0.2, -0.15) is 0 Å². The predicted octanol–water partition coefficient (Wildman–Crippen LogP) is 2.54. The van der Waals surface area contributed by atoms with Crippen LogP contribution >= 0.6 is 11.6 Å². The number of benzene rings is 2. The van der Waals surface area contributed by atoms with Gasteiger partial charge in [0.25, 0.3) is 0 Å². The summed E-state index contributed by atoms with van der Waals surface area (Å²) in [4.78, 5) is 11.8. The average Bonchev–Trinajstić information content (AvgIpc) is 3.18. The maximum absolute atomic E-state index is 11.8. The van der Waals surface area contributed by atoms with Gasteiger partial charge in [-0.1, -0.05) is 29.8 Å². The Bertz CT molecular complexity index is 1010. The average molecular weight is 479 g/mol. The van der Waals surface area contributed by atoms with E-state index in [0.29, 0.717) is 23.6 Å². The van der Waals surface area contributed by atoms with Crippen molar-refractivity contribution in [2.75, 3.05) is 20.3 Å². The summed E-state index contributed by atoms with van der Waals surface area (Å²) in [5, 5.41) is 22.0. The number of aliphatic hydroxyl groups excluding tert-OH is 2. The molecule has 0 saturated carbocycles. The third-order valence-corrected chi connectivity index (χ3v) is 6.36. The van der Waals surface area contributed by atoms with E-state index in [1.165, 1.54) is 14.0 Å². The summed E-state index contributed by atoms with van der Waals surface area (Å²) in [6.07, 6.45) is -3.81. The van der Waals surface area contributed by atoms with E-state index < -0.39 is 35.9 Å². The first-order valence-electron chi connectivity index (χ1n) is 10.7. The molecule has 2 N–H and O–H groups in total. The second-order valence-electron chi connectivity index (χ2n) is 8.10. The number of rotatable bonds is 7. The minimum absolute atomic E-state index is 0.170. The van der Waals surface area contributed by atoms with Crippen molar-refractivity contribution in [3.63, 3.8) is 0 Å². The highest BCUT2D eigenvalue weighted by Gasteiger charge is 2.69. The number of ether oxygens (including phenoxy) is 5. The van der Waals surface area contributed by atoms with E-state index in [1.54, 1.807) is 18.2 Å². The minimum atomic E-state index is -1.68. The zero-order valence-corrected chi connectivity index (χ0v) is 19.4. The maximum Gasteiger partial charge on any atom is 0.303 e. The lowest BCUT2D eigenvalue weighted by Crippen LogP contribution is -2.65. The van der Waals surface area contributed by atoms with Crippen molar-refractivity contribution in [1.29, 1.82) is 0 Å². The number of carbonyl (C=O) groups is 1. The molecule has 2 aliphatic rings. The highest BCUT2D eigenvalue weighted by atomic mass is 35.5. The van der Waals surface area contributed by atoms with Crippen molar-refractivity contribution in [3.8, 4) is 5.75 Å². The van der Waals surface area contributed by atoms with Crippen LogP contribution in [0.2, 0.25) is 5.02 Å². The first-order valence-corrected chi connectivity index (χ1v) is 11.1. The molecule has 4 rings (SSSR count). The fourth-order valence-electron chi connectivity index (χ4n) is 4.33. The van der Waals surface area contributed by atoms with Crippen LogP contribution in [-0.2, 0) is 35.9 Å². The van der Waals surface area contributed by atoms with Crippen LogP contribution in [0.4, 0.5) is 0 Å². The maximum atomic E-state index is 11.8. The zero-order chi connectivity index (χ0) is 23.8. The molecule has 0 radical (unpaired) electrons. The number of fused-ring (bicyclic) bond motifs is 2. The van der Waals surface area contributed by atoms with Crippen molar-refractivity contribution in [2.45, 2.75) is 50.2 Å². The molecule has 2 heterocycles. The lowest BCUT2D eigenvalue weighted by Gasteiger charge is -2.46. The second kappa shape index (κ2) is 9.21. The van der Waals surface area contributed by atoms with E-state index in [-0.39, 0.29) is 6.61 Å². The molecule has 2 fully saturated rings. The lowest BCUT2D eigenvalue weighted by molar-refractivity contribution is -0.375. The van der Waals surface area contributed by atoms with Crippen LogP contribution in [0.1, 0.15) is 30.5 Å². The summed E-state index contributed by atoms with van der Waals surface area (Å²) >= 11 is 6.49. The summed E-state index contributed by atoms with van der Waals surface area (Å²) in [6, 6.07) is 12.8. The standard InChI is InChI=1S/C24H27ClO8/c1-4-30-18-8-5-15(6-9-18)11-16-12-17(7-10-19(16)25)24-22(32-14(2)26)20(27)21(28)23(29-3,33-24)13-31-24/h5-10,12,20-22,27-28H,4,11,13H2,1-3H3. The second-order valence-corrected chi connectivity index (χ2v) is 8.51. The summed E-state index contributed by atoms with van der Waals surface area (Å²) in [5.41, 5.74) is 2.26. The minimum Gasteiger partial charge on any atom is -0.494 e. The molecule has 178 valence electrons. The number of esters is 1. The van der Waals surface area contributed by atoms with Crippen molar-refractivity contribution < 1.29 is 38.7 Å². The van der Waals surface area contributed by atoms with Gasteiger partial charge in [0.05, 0.1) is 6.61 Å². The number of aliphatic hydroxyl groups is 2. The number of halogens is 1. The van der Waals surface area contributed by atoms with E-state index >= 15 is 0 Å². The van der Waals surface area contributed by atoms with Gasteiger partial charge in [-0.25, -0.2) is 0 Å². The fraction of sp³-hybridized carbons (Fsp3) is 0.458. The van der Waals surface area contributed by atoms with Crippen LogP contribution in [0, 0.1) is 0 Å². The van der Waals surface area contributed by atoms with Gasteiger partial charge < -0.3 is 33.9 Å². The van der Waals surface area contributed by atoms with Crippen LogP contribution in [-0.4, -0.2) is 60.6 Å². The van der Waals surface area contributed by atoms with Crippen molar-refractivity contribution >= 4 is 17.6 Å². The lowest BCUT2D eigenvalue weighted by atomic mass is 9.87. The summed E-state index contributed by atoms with van der Waals surface area (Å²) in [7, 11) is 1.35. The van der Waals surface area contributed by atoms with E-state index in [1.807, 2.05) is 31.2 Å². The Labute approximate surface area is 196 Å². The first kappa shape index (κ1) is 23.9. The Kier molecular flexibility index (Phi) is 6.68. The molecule has 0 amide bonds. The van der Waals surface area contributed by atoms with Crippen LogP contribution < -0.4 is 4.74 Å². The van der Waals surface area contributed by atoms with Gasteiger partial charge in [0, 0.05) is 24.6 Å². The molecule has 0 aromatic heterocycles. The van der Waals surface area contributed by atoms with Gasteiger partial charge >= 0.3 is 5.97 Å². The Balaban J connectivity index is 1.71. The number of methoxy groups -OCH3 is 1. The molecule has 5 unspecified atom stereocenters. The summed E-state index contributed by atoms with van der Waals surface area (Å²) in [6.45, 7) is 3.55. The monoisotopic (exact) mass is 478 g/mol. The number of hydrogen-bond acceptors (Lipinski definition) is 8. The highest BCUT2D eigenvalue weighted by Crippen LogP contribution is 2.51. The molecule has 0 aliphatic carbocycles. The Morgan fingerprint density at radius 1 is 1.21 bits per heavy atom. The molecule has 33 heavy (non-hydrogen) atoms. The van der Waals surface area contributed by atoms with Gasteiger partial charge in [-0.3, -0.25) is 4.79 Å². The highest BCUT2D eigenvalue weighted by molar-refractivity contribution is 6.31. The number of carbonyl (C=O) groups excluding carboxylic acids is 1. The molecule has 8 nitrogen and oxygen atoms in total. The van der Waals surface area contributed by atoms with E-state index in [4.69, 9.17) is 35.3 Å². The van der Waals surface area contributed by atoms with Crippen molar-refractivity contribution in [3.05, 3.63) is 64.2 Å².